The third kappa shape index (κ3) is 6.07. The second kappa shape index (κ2) is 10.4. The molecule has 0 bridgehead atoms. The molecule has 0 spiro atoms. The number of aryl methyl sites for hydroxylation is 1. The summed E-state index contributed by atoms with van der Waals surface area (Å²) < 4.78 is 5.85. The Morgan fingerprint density at radius 2 is 2.12 bits per heavy atom. The lowest BCUT2D eigenvalue weighted by molar-refractivity contribution is 0.173. The predicted octanol–water partition coefficient (Wildman–Crippen LogP) is 2.99. The first kappa shape index (κ1) is 21.4. The first-order chi connectivity index (χ1) is 12.1. The number of aliphatic imine (C=N–C) groups is 1. The zero-order chi connectivity index (χ0) is 17.6. The van der Waals surface area contributed by atoms with Crippen LogP contribution in [0.5, 0.6) is 0 Å². The van der Waals surface area contributed by atoms with Crippen molar-refractivity contribution < 1.29 is 4.52 Å². The molecule has 1 aliphatic rings. The minimum Gasteiger partial charge on any atom is -0.357 e. The number of piperazine rings is 1. The maximum Gasteiger partial charge on any atom is 0.223 e. The highest BCUT2D eigenvalue weighted by molar-refractivity contribution is 14.0. The fourth-order valence-electron chi connectivity index (χ4n) is 2.75. The second-order valence-electron chi connectivity index (χ2n) is 5.87. The monoisotopic (exact) mass is 510 g/mol. The minimum atomic E-state index is 0. The van der Waals surface area contributed by atoms with Crippen LogP contribution in [0.1, 0.15) is 23.5 Å². The van der Waals surface area contributed by atoms with Crippen LogP contribution in [0.25, 0.3) is 0 Å². The highest BCUT2D eigenvalue weighted by Gasteiger charge is 2.20. The fourth-order valence-corrected chi connectivity index (χ4v) is 3.88. The van der Waals surface area contributed by atoms with E-state index >= 15 is 0 Å². The molecule has 0 amide bonds. The Kier molecular flexibility index (Phi) is 8.58. The van der Waals surface area contributed by atoms with Gasteiger partial charge in [-0.15, -0.1) is 35.3 Å². The van der Waals surface area contributed by atoms with E-state index in [4.69, 9.17) is 16.1 Å². The number of halogens is 2. The van der Waals surface area contributed by atoms with Crippen molar-refractivity contribution in [1.82, 2.24) is 25.3 Å². The van der Waals surface area contributed by atoms with Gasteiger partial charge in [-0.3, -0.25) is 4.90 Å². The standard InChI is InChI=1S/C16H23ClN6OS.HI/c1-3-18-16(19-10-15-20-12(2)24-21-15)23-8-6-22(7-9-23)11-13-4-5-14(17)25-13;/h4-5H,3,6-11H2,1-2H3,(H,18,19);1H. The van der Waals surface area contributed by atoms with E-state index in [0.29, 0.717) is 18.3 Å². The van der Waals surface area contributed by atoms with Crippen molar-refractivity contribution in [2.45, 2.75) is 26.9 Å². The smallest absolute Gasteiger partial charge is 0.223 e. The van der Waals surface area contributed by atoms with Crippen LogP contribution >= 0.6 is 46.9 Å². The summed E-state index contributed by atoms with van der Waals surface area (Å²) in [6.07, 6.45) is 0. The number of rotatable bonds is 5. The molecule has 0 aliphatic carbocycles. The van der Waals surface area contributed by atoms with Gasteiger partial charge in [0, 0.05) is 51.1 Å². The zero-order valence-electron chi connectivity index (χ0n) is 14.9. The third-order valence-electron chi connectivity index (χ3n) is 3.95. The number of guanidine groups is 1. The Morgan fingerprint density at radius 1 is 1.35 bits per heavy atom. The summed E-state index contributed by atoms with van der Waals surface area (Å²) in [5.41, 5.74) is 0. The average Bonchev–Trinajstić information content (AvgIpc) is 3.20. The van der Waals surface area contributed by atoms with Crippen molar-refractivity contribution in [3.05, 3.63) is 33.1 Å². The summed E-state index contributed by atoms with van der Waals surface area (Å²) in [4.78, 5) is 14.9. The number of nitrogens with zero attached hydrogens (tertiary/aromatic N) is 5. The fraction of sp³-hybridized carbons (Fsp3) is 0.562. The van der Waals surface area contributed by atoms with E-state index in [9.17, 15) is 0 Å². The number of hydrogen-bond acceptors (Lipinski definition) is 6. The van der Waals surface area contributed by atoms with Gasteiger partial charge < -0.3 is 14.7 Å². The van der Waals surface area contributed by atoms with Crippen LogP contribution in [0.4, 0.5) is 0 Å². The van der Waals surface area contributed by atoms with Crippen LogP contribution in [-0.4, -0.2) is 58.6 Å². The Labute approximate surface area is 179 Å². The number of aromatic nitrogens is 2. The van der Waals surface area contributed by atoms with Crippen LogP contribution in [0.3, 0.4) is 0 Å². The molecule has 144 valence electrons. The van der Waals surface area contributed by atoms with Gasteiger partial charge in [0.2, 0.25) is 5.89 Å². The van der Waals surface area contributed by atoms with Gasteiger partial charge >= 0.3 is 0 Å². The average molecular weight is 511 g/mol. The molecule has 10 heteroatoms. The Balaban J connectivity index is 0.00000243. The van der Waals surface area contributed by atoms with E-state index in [-0.39, 0.29) is 24.0 Å². The molecular formula is C16H24ClIN6OS. The van der Waals surface area contributed by atoms with Gasteiger partial charge in [0.15, 0.2) is 11.8 Å². The molecule has 0 unspecified atom stereocenters. The van der Waals surface area contributed by atoms with Crippen molar-refractivity contribution in [3.8, 4) is 0 Å². The lowest BCUT2D eigenvalue weighted by Crippen LogP contribution is -2.52. The first-order valence-corrected chi connectivity index (χ1v) is 9.62. The predicted molar refractivity (Wildman–Crippen MR) is 115 cm³/mol. The second-order valence-corrected chi connectivity index (χ2v) is 7.67. The van der Waals surface area contributed by atoms with Crippen LogP contribution < -0.4 is 5.32 Å². The molecular weight excluding hydrogens is 487 g/mol. The summed E-state index contributed by atoms with van der Waals surface area (Å²) in [5, 5.41) is 7.25. The molecule has 0 aromatic carbocycles. The maximum atomic E-state index is 6.02. The first-order valence-electron chi connectivity index (χ1n) is 8.43. The Morgan fingerprint density at radius 3 is 2.69 bits per heavy atom. The summed E-state index contributed by atoms with van der Waals surface area (Å²) in [6.45, 7) is 9.96. The molecule has 26 heavy (non-hydrogen) atoms. The van der Waals surface area contributed by atoms with Gasteiger partial charge in [0.25, 0.3) is 0 Å². The molecule has 1 aliphatic heterocycles. The molecule has 3 heterocycles. The molecule has 3 rings (SSSR count). The van der Waals surface area contributed by atoms with Crippen LogP contribution in [-0.2, 0) is 13.1 Å². The largest absolute Gasteiger partial charge is 0.357 e. The Bertz CT molecular complexity index is 713. The Hall–Kier alpha value is -0.910. The molecule has 0 saturated carbocycles. The van der Waals surface area contributed by atoms with E-state index in [1.165, 1.54) is 4.88 Å². The van der Waals surface area contributed by atoms with Gasteiger partial charge in [-0.05, 0) is 19.1 Å². The molecule has 0 radical (unpaired) electrons. The molecule has 0 atom stereocenters. The van der Waals surface area contributed by atoms with Gasteiger partial charge in [-0.1, -0.05) is 16.8 Å². The van der Waals surface area contributed by atoms with Crippen molar-refractivity contribution in [2.24, 2.45) is 4.99 Å². The van der Waals surface area contributed by atoms with E-state index in [2.05, 4.69) is 43.2 Å². The molecule has 1 saturated heterocycles. The summed E-state index contributed by atoms with van der Waals surface area (Å²) in [6, 6.07) is 4.07. The highest BCUT2D eigenvalue weighted by Crippen LogP contribution is 2.23. The quantitative estimate of drug-likeness (QED) is 0.379. The van der Waals surface area contributed by atoms with Gasteiger partial charge in [-0.2, -0.15) is 4.98 Å². The van der Waals surface area contributed by atoms with E-state index in [0.717, 1.165) is 49.6 Å². The number of thiophene rings is 1. The minimum absolute atomic E-state index is 0. The van der Waals surface area contributed by atoms with E-state index in [1.54, 1.807) is 18.3 Å². The van der Waals surface area contributed by atoms with Crippen molar-refractivity contribution in [3.63, 3.8) is 0 Å². The van der Waals surface area contributed by atoms with E-state index in [1.807, 2.05) is 6.07 Å². The molecule has 1 N–H and O–H groups in total. The molecule has 1 fully saturated rings. The van der Waals surface area contributed by atoms with Crippen LogP contribution in [0, 0.1) is 6.92 Å². The van der Waals surface area contributed by atoms with Crippen LogP contribution in [0.2, 0.25) is 4.34 Å². The summed E-state index contributed by atoms with van der Waals surface area (Å²) in [7, 11) is 0. The van der Waals surface area contributed by atoms with Gasteiger partial charge in [0.05, 0.1) is 4.34 Å². The molecule has 2 aromatic heterocycles. The summed E-state index contributed by atoms with van der Waals surface area (Å²) in [5.74, 6) is 2.09. The normalized spacial score (nSPS) is 15.8. The topological polar surface area (TPSA) is 69.8 Å². The SMILES string of the molecule is CCNC(=NCc1noc(C)n1)N1CCN(Cc2ccc(Cl)s2)CC1.I. The number of nitrogens with one attached hydrogen (secondary N) is 1. The molecule has 2 aromatic rings. The van der Waals surface area contributed by atoms with E-state index < -0.39 is 0 Å². The number of hydrogen-bond donors (Lipinski definition) is 1. The van der Waals surface area contributed by atoms with Crippen molar-refractivity contribution in [2.75, 3.05) is 32.7 Å². The zero-order valence-corrected chi connectivity index (χ0v) is 18.8. The lowest BCUT2D eigenvalue weighted by Gasteiger charge is -2.36. The lowest BCUT2D eigenvalue weighted by atomic mass is 10.3. The maximum absolute atomic E-state index is 6.02. The van der Waals surface area contributed by atoms with Crippen molar-refractivity contribution in [1.29, 1.82) is 0 Å². The third-order valence-corrected chi connectivity index (χ3v) is 5.17. The van der Waals surface area contributed by atoms with Gasteiger partial charge in [0.1, 0.15) is 6.54 Å². The highest BCUT2D eigenvalue weighted by atomic mass is 127. The van der Waals surface area contributed by atoms with Crippen LogP contribution in [0.15, 0.2) is 21.6 Å². The van der Waals surface area contributed by atoms with Gasteiger partial charge in [-0.25, -0.2) is 4.99 Å². The van der Waals surface area contributed by atoms with Crippen molar-refractivity contribution >= 4 is 52.9 Å². The summed E-state index contributed by atoms with van der Waals surface area (Å²) >= 11 is 7.67. The molecule has 7 nitrogen and oxygen atoms in total.